The molecular formula is C22H23FN2O5S. The molecule has 9 heteroatoms. The second-order valence-electron chi connectivity index (χ2n) is 8.46. The Balaban J connectivity index is 1.52. The van der Waals surface area contributed by atoms with E-state index in [1.165, 1.54) is 18.2 Å². The van der Waals surface area contributed by atoms with Crippen LogP contribution in [0.15, 0.2) is 35.2 Å². The van der Waals surface area contributed by atoms with E-state index < -0.39 is 21.8 Å². The monoisotopic (exact) mass is 446 g/mol. The molecule has 5 rings (SSSR count). The van der Waals surface area contributed by atoms with Gasteiger partial charge in [-0.05, 0) is 54.3 Å². The first-order valence-electron chi connectivity index (χ1n) is 10.4. The Morgan fingerprint density at radius 1 is 1.26 bits per heavy atom. The van der Waals surface area contributed by atoms with Crippen molar-refractivity contribution in [3.05, 3.63) is 52.8 Å². The van der Waals surface area contributed by atoms with Crippen molar-refractivity contribution in [2.24, 2.45) is 5.92 Å². The first kappa shape index (κ1) is 20.3. The number of rotatable bonds is 6. The zero-order valence-electron chi connectivity index (χ0n) is 17.0. The van der Waals surface area contributed by atoms with E-state index in [1.807, 2.05) is 6.92 Å². The number of sulfonamides is 1. The van der Waals surface area contributed by atoms with Gasteiger partial charge in [0.2, 0.25) is 0 Å². The molecular weight excluding hydrogens is 423 g/mol. The predicted octanol–water partition coefficient (Wildman–Crippen LogP) is 3.24. The first-order chi connectivity index (χ1) is 14.8. The summed E-state index contributed by atoms with van der Waals surface area (Å²) in [7, 11) is -4.15. The largest absolute Gasteiger partial charge is 0.492 e. The Morgan fingerprint density at radius 3 is 2.74 bits per heavy atom. The smallest absolute Gasteiger partial charge is 0.341 e. The van der Waals surface area contributed by atoms with Crippen molar-refractivity contribution < 1.29 is 27.4 Å². The number of nitrogens with one attached hydrogen (secondary N) is 1. The number of carboxylic acids is 1. The van der Waals surface area contributed by atoms with Gasteiger partial charge in [0.15, 0.2) is 0 Å². The van der Waals surface area contributed by atoms with Crippen LogP contribution in [0.25, 0.3) is 0 Å². The molecule has 2 aromatic carbocycles. The van der Waals surface area contributed by atoms with Gasteiger partial charge in [-0.15, -0.1) is 0 Å². The summed E-state index contributed by atoms with van der Waals surface area (Å²) in [5.74, 6) is -0.940. The molecule has 1 saturated carbocycles. The summed E-state index contributed by atoms with van der Waals surface area (Å²) in [5, 5.41) is 9.80. The van der Waals surface area contributed by atoms with Crippen LogP contribution in [0.4, 0.5) is 10.1 Å². The minimum absolute atomic E-state index is 0.0353. The van der Waals surface area contributed by atoms with E-state index in [1.54, 1.807) is 6.07 Å². The van der Waals surface area contributed by atoms with Gasteiger partial charge in [-0.25, -0.2) is 17.6 Å². The van der Waals surface area contributed by atoms with Crippen LogP contribution in [0.3, 0.4) is 0 Å². The van der Waals surface area contributed by atoms with Crippen LogP contribution >= 0.6 is 0 Å². The van der Waals surface area contributed by atoms with Gasteiger partial charge in [0.1, 0.15) is 17.1 Å². The quantitative estimate of drug-likeness (QED) is 0.707. The number of likely N-dealkylation sites (tertiary alicyclic amines) is 1. The second-order valence-corrected chi connectivity index (χ2v) is 10.1. The fraction of sp³-hybridized carbons (Fsp3) is 0.409. The minimum atomic E-state index is -4.15. The van der Waals surface area contributed by atoms with Crippen molar-refractivity contribution in [1.82, 2.24) is 4.90 Å². The summed E-state index contributed by atoms with van der Waals surface area (Å²) in [6.07, 6.45) is 0.951. The molecule has 0 unspecified atom stereocenters. The summed E-state index contributed by atoms with van der Waals surface area (Å²) < 4.78 is 48.6. The number of likely N-dealkylation sites (N-methyl/N-ethyl adjacent to an activating group) is 1. The molecule has 2 aliphatic heterocycles. The molecule has 0 radical (unpaired) electrons. The number of ether oxygens (including phenoxy) is 1. The Bertz CT molecular complexity index is 1180. The van der Waals surface area contributed by atoms with E-state index in [0.717, 1.165) is 24.6 Å². The molecule has 1 aliphatic carbocycles. The predicted molar refractivity (Wildman–Crippen MR) is 112 cm³/mol. The van der Waals surface area contributed by atoms with Crippen molar-refractivity contribution in [2.75, 3.05) is 31.0 Å². The molecule has 0 bridgehead atoms. The zero-order chi connectivity index (χ0) is 21.9. The average Bonchev–Trinajstić information content (AvgIpc) is 3.46. The summed E-state index contributed by atoms with van der Waals surface area (Å²) in [4.78, 5) is 14.1. The Morgan fingerprint density at radius 2 is 2.03 bits per heavy atom. The highest BCUT2D eigenvalue weighted by Crippen LogP contribution is 2.55. The molecule has 3 aliphatic rings. The highest BCUT2D eigenvalue weighted by atomic mass is 32.2. The Labute approximate surface area is 179 Å². The standard InChI is InChI=1S/C22H23FN2O5S/c1-2-25-9-13(10-25)17-8-14(23)3-6-19(17)31(28,29)24-18-5-4-15-16-7-12(16)11-30-21(15)20(18)22(26)27/h3-6,8,12-13,16,24H,2,7,9-11H2,1H3,(H,26,27)/t12-,16-/m0/s1. The third kappa shape index (κ3) is 3.45. The van der Waals surface area contributed by atoms with Crippen LogP contribution in [0.5, 0.6) is 5.75 Å². The average molecular weight is 447 g/mol. The number of nitrogens with zero attached hydrogens (tertiary/aromatic N) is 1. The van der Waals surface area contributed by atoms with Gasteiger partial charge in [-0.3, -0.25) is 4.72 Å². The number of hydrogen-bond acceptors (Lipinski definition) is 5. The molecule has 2 atom stereocenters. The second kappa shape index (κ2) is 7.20. The summed E-state index contributed by atoms with van der Waals surface area (Å²) in [6.45, 7) is 4.59. The van der Waals surface area contributed by atoms with Crippen LogP contribution in [0, 0.1) is 11.7 Å². The number of benzene rings is 2. The number of carbonyl (C=O) groups is 1. The first-order valence-corrected chi connectivity index (χ1v) is 11.8. The van der Waals surface area contributed by atoms with Crippen LogP contribution < -0.4 is 9.46 Å². The number of fused-ring (bicyclic) bond motifs is 3. The fourth-order valence-corrected chi connectivity index (χ4v) is 6.01. The van der Waals surface area contributed by atoms with Crippen molar-refractivity contribution >= 4 is 21.7 Å². The fourth-order valence-electron chi connectivity index (χ4n) is 4.65. The lowest BCUT2D eigenvalue weighted by molar-refractivity contribution is 0.0692. The van der Waals surface area contributed by atoms with Crippen molar-refractivity contribution in [2.45, 2.75) is 30.1 Å². The van der Waals surface area contributed by atoms with Gasteiger partial charge in [0.25, 0.3) is 10.0 Å². The molecule has 2 aromatic rings. The highest BCUT2D eigenvalue weighted by molar-refractivity contribution is 7.92. The van der Waals surface area contributed by atoms with Gasteiger partial charge < -0.3 is 14.7 Å². The van der Waals surface area contributed by atoms with Gasteiger partial charge in [0, 0.05) is 24.9 Å². The maximum Gasteiger partial charge on any atom is 0.341 e. The summed E-state index contributed by atoms with van der Waals surface area (Å²) in [6, 6.07) is 6.82. The van der Waals surface area contributed by atoms with Gasteiger partial charge in [0.05, 0.1) is 17.2 Å². The zero-order valence-corrected chi connectivity index (χ0v) is 17.8. The van der Waals surface area contributed by atoms with E-state index in [9.17, 15) is 22.7 Å². The van der Waals surface area contributed by atoms with Crippen LogP contribution in [-0.4, -0.2) is 50.6 Å². The number of carboxylic acid groups (broad SMARTS) is 1. The number of anilines is 1. The SMILES string of the molecule is CCN1CC(c2cc(F)ccc2S(=O)(=O)Nc2ccc3c(c2C(=O)O)OC[C@@H]2C[C@H]32)C1. The van der Waals surface area contributed by atoms with Gasteiger partial charge in [-0.1, -0.05) is 13.0 Å². The molecule has 7 nitrogen and oxygen atoms in total. The summed E-state index contributed by atoms with van der Waals surface area (Å²) in [5.41, 5.74) is 0.984. The lowest BCUT2D eigenvalue weighted by atomic mass is 9.91. The lowest BCUT2D eigenvalue weighted by Gasteiger charge is -2.39. The van der Waals surface area contributed by atoms with E-state index >= 15 is 0 Å². The minimum Gasteiger partial charge on any atom is -0.492 e. The van der Waals surface area contributed by atoms with Crippen molar-refractivity contribution in [3.8, 4) is 5.75 Å². The maximum absolute atomic E-state index is 13.9. The Hall–Kier alpha value is -2.65. The summed E-state index contributed by atoms with van der Waals surface area (Å²) >= 11 is 0. The number of aromatic carboxylic acids is 1. The third-order valence-corrected chi connectivity index (χ3v) is 7.96. The van der Waals surface area contributed by atoms with E-state index in [2.05, 4.69) is 9.62 Å². The van der Waals surface area contributed by atoms with Gasteiger partial charge in [-0.2, -0.15) is 0 Å². The molecule has 31 heavy (non-hydrogen) atoms. The van der Waals surface area contributed by atoms with Crippen molar-refractivity contribution in [1.29, 1.82) is 0 Å². The molecule has 2 heterocycles. The van der Waals surface area contributed by atoms with Crippen molar-refractivity contribution in [3.63, 3.8) is 0 Å². The Kier molecular flexibility index (Phi) is 4.71. The molecule has 2 N–H and O–H groups in total. The van der Waals surface area contributed by atoms with E-state index in [4.69, 9.17) is 4.74 Å². The molecule has 164 valence electrons. The molecule has 1 saturated heterocycles. The maximum atomic E-state index is 13.9. The molecule has 0 spiro atoms. The normalized spacial score (nSPS) is 22.6. The van der Waals surface area contributed by atoms with Crippen LogP contribution in [0.1, 0.15) is 46.7 Å². The van der Waals surface area contributed by atoms with E-state index in [0.29, 0.717) is 31.2 Å². The van der Waals surface area contributed by atoms with Crippen LogP contribution in [-0.2, 0) is 10.0 Å². The molecule has 2 fully saturated rings. The highest BCUT2D eigenvalue weighted by Gasteiger charge is 2.45. The number of halogens is 1. The molecule has 0 amide bonds. The van der Waals surface area contributed by atoms with E-state index in [-0.39, 0.29) is 33.7 Å². The number of hydrogen-bond donors (Lipinski definition) is 2. The van der Waals surface area contributed by atoms with Gasteiger partial charge >= 0.3 is 5.97 Å². The topological polar surface area (TPSA) is 95.9 Å². The molecule has 0 aromatic heterocycles. The third-order valence-electron chi connectivity index (χ3n) is 6.52. The van der Waals surface area contributed by atoms with Crippen LogP contribution in [0.2, 0.25) is 0 Å². The lowest BCUT2D eigenvalue weighted by Crippen LogP contribution is -2.45.